The fourth-order valence-corrected chi connectivity index (χ4v) is 4.59. The average Bonchev–Trinajstić information content (AvgIpc) is 2.85. The number of carbonyl (C=O) groups excluding carboxylic acids is 2. The second-order valence-corrected chi connectivity index (χ2v) is 7.72. The molecule has 2 heterocycles. The molecule has 2 atom stereocenters. The molecule has 0 bridgehead atoms. The maximum Gasteiger partial charge on any atom is 0.356 e. The molecule has 1 unspecified atom stereocenters. The van der Waals surface area contributed by atoms with Gasteiger partial charge in [0.15, 0.2) is 0 Å². The fraction of sp³-hybridized carbons (Fsp3) is 0.412. The van der Waals surface area contributed by atoms with Crippen molar-refractivity contribution >= 4 is 29.3 Å². The summed E-state index contributed by atoms with van der Waals surface area (Å²) in [5.41, 5.74) is 0.947. The molecule has 1 aromatic carbocycles. The smallest absolute Gasteiger partial charge is 0.356 e. The summed E-state index contributed by atoms with van der Waals surface area (Å²) in [6.45, 7) is 5.82. The van der Waals surface area contributed by atoms with E-state index in [1.54, 1.807) is 12.1 Å². The maximum absolute atomic E-state index is 12.4. The van der Waals surface area contributed by atoms with Crippen molar-refractivity contribution in [3.8, 4) is 0 Å². The minimum Gasteiger partial charge on any atom is -0.456 e. The van der Waals surface area contributed by atoms with E-state index in [0.717, 1.165) is 4.91 Å². The molecule has 0 aliphatic carbocycles. The van der Waals surface area contributed by atoms with E-state index in [1.807, 2.05) is 20.8 Å². The number of fused-ring (bicyclic) bond motifs is 1. The van der Waals surface area contributed by atoms with E-state index in [4.69, 9.17) is 4.74 Å². The lowest BCUT2D eigenvalue weighted by Crippen LogP contribution is -2.59. The summed E-state index contributed by atoms with van der Waals surface area (Å²) in [6, 6.07) is 5.81. The highest BCUT2D eigenvalue weighted by molar-refractivity contribution is 8.04. The number of thioether (sulfide) groups is 1. The van der Waals surface area contributed by atoms with Crippen LogP contribution >= 0.6 is 11.8 Å². The van der Waals surface area contributed by atoms with Crippen LogP contribution in [0.5, 0.6) is 0 Å². The summed E-state index contributed by atoms with van der Waals surface area (Å²) >= 11 is 1.53. The Balaban J connectivity index is 1.65. The van der Waals surface area contributed by atoms with E-state index in [2.05, 4.69) is 0 Å². The van der Waals surface area contributed by atoms with Crippen LogP contribution in [-0.2, 0) is 20.9 Å². The Hall–Kier alpha value is -2.35. The number of ether oxygens (including phenoxy) is 1. The third-order valence-electron chi connectivity index (χ3n) is 4.38. The van der Waals surface area contributed by atoms with Crippen LogP contribution in [0.2, 0.25) is 0 Å². The summed E-state index contributed by atoms with van der Waals surface area (Å²) in [6.07, 6.45) is 0. The van der Waals surface area contributed by atoms with Gasteiger partial charge in [-0.2, -0.15) is 0 Å². The molecule has 2 aliphatic rings. The second-order valence-electron chi connectivity index (χ2n) is 6.39. The summed E-state index contributed by atoms with van der Waals surface area (Å²) in [5.74, 6) is -0.419. The van der Waals surface area contributed by atoms with Gasteiger partial charge in [-0.25, -0.2) is 4.79 Å². The number of hydrogen-bond donors (Lipinski definition) is 0. The van der Waals surface area contributed by atoms with Crippen LogP contribution in [0.3, 0.4) is 0 Å². The zero-order chi connectivity index (χ0) is 18.3. The topological polar surface area (TPSA) is 89.8 Å². The quantitative estimate of drug-likeness (QED) is 0.346. The number of nitrogens with zero attached hydrogens (tertiary/aromatic N) is 2. The van der Waals surface area contributed by atoms with Crippen molar-refractivity contribution in [2.75, 3.05) is 0 Å². The average molecular weight is 362 g/mol. The molecule has 2 aliphatic heterocycles. The van der Waals surface area contributed by atoms with Crippen molar-refractivity contribution in [1.82, 2.24) is 4.90 Å². The Kier molecular flexibility index (Phi) is 4.55. The van der Waals surface area contributed by atoms with Crippen molar-refractivity contribution in [3.63, 3.8) is 0 Å². The van der Waals surface area contributed by atoms with E-state index in [1.165, 1.54) is 28.8 Å². The number of benzene rings is 1. The standard InChI is InChI=1S/C17H18N2O5S/c1-9(2)13-15(20)18-14(10(3)25-16(13)18)17(21)24-8-11-4-6-12(7-5-11)19(22)23/h4-7,9,13,16H,8H2,1-3H3/t13?,16-/m1/s1. The van der Waals surface area contributed by atoms with Gasteiger partial charge in [-0.1, -0.05) is 13.8 Å². The molecule has 0 aromatic heterocycles. The first-order chi connectivity index (χ1) is 11.8. The summed E-state index contributed by atoms with van der Waals surface area (Å²) in [7, 11) is 0. The number of β-lactam (4-membered cyclic amide) rings is 1. The van der Waals surface area contributed by atoms with Crippen LogP contribution in [0, 0.1) is 22.0 Å². The Bertz CT molecular complexity index is 772. The Morgan fingerprint density at radius 2 is 2.00 bits per heavy atom. The Morgan fingerprint density at radius 3 is 2.56 bits per heavy atom. The molecule has 0 spiro atoms. The lowest BCUT2D eigenvalue weighted by Gasteiger charge is -2.44. The molecule has 1 amide bonds. The molecule has 3 rings (SSSR count). The van der Waals surface area contributed by atoms with Gasteiger partial charge in [0.2, 0.25) is 5.91 Å². The van der Waals surface area contributed by atoms with Gasteiger partial charge in [-0.05, 0) is 30.5 Å². The number of nitro groups is 1. The molecule has 1 fully saturated rings. The highest BCUT2D eigenvalue weighted by Gasteiger charge is 2.56. The number of carbonyl (C=O) groups is 2. The zero-order valence-corrected chi connectivity index (χ0v) is 14.9. The lowest BCUT2D eigenvalue weighted by molar-refractivity contribution is -0.384. The maximum atomic E-state index is 12.4. The van der Waals surface area contributed by atoms with E-state index in [0.29, 0.717) is 11.3 Å². The summed E-state index contributed by atoms with van der Waals surface area (Å²) in [4.78, 5) is 37.2. The Morgan fingerprint density at radius 1 is 1.36 bits per heavy atom. The van der Waals surface area contributed by atoms with E-state index in [9.17, 15) is 19.7 Å². The van der Waals surface area contributed by atoms with Gasteiger partial charge in [0.1, 0.15) is 12.3 Å². The molecule has 8 heteroatoms. The highest BCUT2D eigenvalue weighted by Crippen LogP contribution is 2.51. The number of hydrogen-bond acceptors (Lipinski definition) is 6. The molecular weight excluding hydrogens is 344 g/mol. The number of amides is 1. The van der Waals surface area contributed by atoms with Crippen LogP contribution in [0.25, 0.3) is 0 Å². The highest BCUT2D eigenvalue weighted by atomic mass is 32.2. The van der Waals surface area contributed by atoms with Gasteiger partial charge in [0.25, 0.3) is 5.69 Å². The third kappa shape index (κ3) is 3.02. The number of rotatable bonds is 5. The predicted octanol–water partition coefficient (Wildman–Crippen LogP) is 3.06. The molecule has 0 N–H and O–H groups in total. The van der Waals surface area contributed by atoms with Crippen molar-refractivity contribution in [2.24, 2.45) is 11.8 Å². The van der Waals surface area contributed by atoms with Crippen molar-refractivity contribution < 1.29 is 19.2 Å². The minimum atomic E-state index is -0.540. The minimum absolute atomic E-state index is 0.00141. The van der Waals surface area contributed by atoms with Gasteiger partial charge >= 0.3 is 5.97 Å². The molecule has 25 heavy (non-hydrogen) atoms. The summed E-state index contributed by atoms with van der Waals surface area (Å²) in [5, 5.41) is 10.6. The second kappa shape index (κ2) is 6.51. The predicted molar refractivity (Wildman–Crippen MR) is 92.1 cm³/mol. The van der Waals surface area contributed by atoms with Gasteiger partial charge < -0.3 is 4.74 Å². The molecule has 7 nitrogen and oxygen atoms in total. The molecular formula is C17H18N2O5S. The number of non-ortho nitro benzene ring substituents is 1. The third-order valence-corrected chi connectivity index (χ3v) is 5.68. The number of nitro benzene ring substituents is 1. The molecule has 132 valence electrons. The normalized spacial score (nSPS) is 22.1. The molecule has 0 saturated carbocycles. The van der Waals surface area contributed by atoms with Crippen molar-refractivity contribution in [1.29, 1.82) is 0 Å². The van der Waals surface area contributed by atoms with Crippen molar-refractivity contribution in [2.45, 2.75) is 32.8 Å². The van der Waals surface area contributed by atoms with E-state index >= 15 is 0 Å². The number of esters is 1. The first kappa shape index (κ1) is 17.5. The molecule has 1 aromatic rings. The fourth-order valence-electron chi connectivity index (χ4n) is 3.04. The largest absolute Gasteiger partial charge is 0.456 e. The van der Waals surface area contributed by atoms with Crippen LogP contribution in [-0.4, -0.2) is 27.1 Å². The first-order valence-corrected chi connectivity index (χ1v) is 8.80. The van der Waals surface area contributed by atoms with Crippen LogP contribution < -0.4 is 0 Å². The monoisotopic (exact) mass is 362 g/mol. The van der Waals surface area contributed by atoms with E-state index in [-0.39, 0.29) is 35.4 Å². The van der Waals surface area contributed by atoms with Gasteiger partial charge in [0, 0.05) is 17.0 Å². The van der Waals surface area contributed by atoms with Crippen LogP contribution in [0.15, 0.2) is 34.9 Å². The van der Waals surface area contributed by atoms with Gasteiger partial charge in [-0.3, -0.25) is 19.8 Å². The molecule has 1 saturated heterocycles. The molecule has 0 radical (unpaired) electrons. The summed E-state index contributed by atoms with van der Waals surface area (Å²) < 4.78 is 5.31. The van der Waals surface area contributed by atoms with Crippen LogP contribution in [0.1, 0.15) is 26.3 Å². The Labute approximate surface area is 149 Å². The lowest BCUT2D eigenvalue weighted by atomic mass is 9.86. The van der Waals surface area contributed by atoms with Crippen LogP contribution in [0.4, 0.5) is 5.69 Å². The van der Waals surface area contributed by atoms with Crippen molar-refractivity contribution in [3.05, 3.63) is 50.5 Å². The first-order valence-electron chi connectivity index (χ1n) is 7.92. The SMILES string of the molecule is CC1=C(C(=O)OCc2ccc([N+](=O)[O-])cc2)N2C(=O)C(C(C)C)[C@H]2S1. The number of allylic oxidation sites excluding steroid dienone is 1. The van der Waals surface area contributed by atoms with E-state index < -0.39 is 10.9 Å². The van der Waals surface area contributed by atoms with Gasteiger partial charge in [0.05, 0.1) is 16.2 Å². The zero-order valence-electron chi connectivity index (χ0n) is 14.1. The van der Waals surface area contributed by atoms with Gasteiger partial charge in [-0.15, -0.1) is 11.8 Å².